The van der Waals surface area contributed by atoms with Crippen LogP contribution in [0.15, 0.2) is 0 Å². The van der Waals surface area contributed by atoms with Crippen molar-refractivity contribution in [3.63, 3.8) is 0 Å². The summed E-state index contributed by atoms with van der Waals surface area (Å²) in [6.45, 7) is 7.42. The molecule has 1 saturated heterocycles. The van der Waals surface area contributed by atoms with Gasteiger partial charge in [-0.05, 0) is 19.3 Å². The highest BCUT2D eigenvalue weighted by molar-refractivity contribution is 6.59. The molecule has 3 heteroatoms. The normalized spacial score (nSPS) is 31.7. The zero-order valence-corrected chi connectivity index (χ0v) is 10.0. The Balaban J connectivity index is 2.78. The van der Waals surface area contributed by atoms with Gasteiger partial charge in [-0.15, -0.1) is 0 Å². The Bertz CT molecular complexity index is 174. The largest absolute Gasteiger partial charge is 0.378 e. The van der Waals surface area contributed by atoms with Gasteiger partial charge >= 0.3 is 0 Å². The van der Waals surface area contributed by atoms with Crippen LogP contribution in [0.3, 0.4) is 0 Å². The predicted molar refractivity (Wildman–Crippen MR) is 56.6 cm³/mol. The van der Waals surface area contributed by atoms with E-state index in [1.165, 1.54) is 6.42 Å². The van der Waals surface area contributed by atoms with Gasteiger partial charge in [0.05, 0.1) is 14.0 Å². The van der Waals surface area contributed by atoms with Crippen LogP contribution in [0.1, 0.15) is 26.2 Å². The van der Waals surface area contributed by atoms with Crippen molar-refractivity contribution in [1.82, 2.24) is 0 Å². The standard InChI is InChI=1S/C10H20O2Si/c1-9(8-11)10(13(2)3)6-4-5-7-12-10/h8-9,13H,4-7H2,1-3H3. The lowest BCUT2D eigenvalue weighted by molar-refractivity contribution is -0.121. The third-order valence-corrected chi connectivity index (χ3v) is 6.22. The van der Waals surface area contributed by atoms with Gasteiger partial charge in [0.15, 0.2) is 0 Å². The van der Waals surface area contributed by atoms with Crippen LogP contribution in [0.25, 0.3) is 0 Å². The summed E-state index contributed by atoms with van der Waals surface area (Å²) < 4.78 is 5.91. The topological polar surface area (TPSA) is 26.3 Å². The van der Waals surface area contributed by atoms with E-state index in [1.54, 1.807) is 0 Å². The van der Waals surface area contributed by atoms with Gasteiger partial charge in [-0.3, -0.25) is 0 Å². The summed E-state index contributed by atoms with van der Waals surface area (Å²) >= 11 is 0. The van der Waals surface area contributed by atoms with Gasteiger partial charge in [-0.1, -0.05) is 20.0 Å². The zero-order chi connectivity index (χ0) is 9.90. The molecule has 1 aliphatic heterocycles. The molecule has 0 spiro atoms. The number of carbonyl (C=O) groups is 1. The molecule has 1 aliphatic rings. The van der Waals surface area contributed by atoms with Crippen molar-refractivity contribution < 1.29 is 9.53 Å². The Morgan fingerprint density at radius 3 is 2.54 bits per heavy atom. The third-order valence-electron chi connectivity index (χ3n) is 3.28. The molecule has 0 bridgehead atoms. The van der Waals surface area contributed by atoms with E-state index in [0.29, 0.717) is 0 Å². The summed E-state index contributed by atoms with van der Waals surface area (Å²) in [4.78, 5) is 10.9. The fourth-order valence-corrected chi connectivity index (χ4v) is 4.66. The molecule has 2 unspecified atom stereocenters. The molecule has 1 heterocycles. The second-order valence-electron chi connectivity index (χ2n) is 4.34. The highest BCUT2D eigenvalue weighted by Crippen LogP contribution is 2.33. The van der Waals surface area contributed by atoms with Gasteiger partial charge in [0.2, 0.25) is 0 Å². The molecular formula is C10H20O2Si. The lowest BCUT2D eigenvalue weighted by Crippen LogP contribution is -2.52. The maximum atomic E-state index is 10.9. The molecule has 2 nitrogen and oxygen atoms in total. The second kappa shape index (κ2) is 4.38. The first-order valence-electron chi connectivity index (χ1n) is 5.22. The van der Waals surface area contributed by atoms with E-state index in [2.05, 4.69) is 13.1 Å². The first-order chi connectivity index (χ1) is 6.13. The van der Waals surface area contributed by atoms with Gasteiger partial charge in [0.25, 0.3) is 0 Å². The number of ether oxygens (including phenoxy) is 1. The Kier molecular flexibility index (Phi) is 3.68. The maximum Gasteiger partial charge on any atom is 0.125 e. The predicted octanol–water partition coefficient (Wildman–Crippen LogP) is 1.79. The molecule has 0 radical (unpaired) electrons. The van der Waals surface area contributed by atoms with Crippen molar-refractivity contribution in [2.24, 2.45) is 5.92 Å². The average molecular weight is 200 g/mol. The number of rotatable bonds is 3. The fourth-order valence-electron chi connectivity index (χ4n) is 2.29. The van der Waals surface area contributed by atoms with E-state index in [1.807, 2.05) is 6.92 Å². The molecule has 2 atom stereocenters. The smallest absolute Gasteiger partial charge is 0.125 e. The van der Waals surface area contributed by atoms with Crippen LogP contribution in [0.5, 0.6) is 0 Å². The van der Waals surface area contributed by atoms with Crippen molar-refractivity contribution in [3.05, 3.63) is 0 Å². The quantitative estimate of drug-likeness (QED) is 0.513. The van der Waals surface area contributed by atoms with Gasteiger partial charge in [-0.2, -0.15) is 0 Å². The van der Waals surface area contributed by atoms with Crippen molar-refractivity contribution in [2.75, 3.05) is 6.61 Å². The van der Waals surface area contributed by atoms with E-state index in [4.69, 9.17) is 4.74 Å². The lowest BCUT2D eigenvalue weighted by atomic mass is 9.97. The Hall–Kier alpha value is -0.153. The molecule has 0 aromatic heterocycles. The summed E-state index contributed by atoms with van der Waals surface area (Å²) in [7, 11) is -0.917. The van der Waals surface area contributed by atoms with Crippen molar-refractivity contribution in [3.8, 4) is 0 Å². The van der Waals surface area contributed by atoms with Crippen LogP contribution in [-0.4, -0.2) is 26.9 Å². The van der Waals surface area contributed by atoms with E-state index >= 15 is 0 Å². The highest BCUT2D eigenvalue weighted by Gasteiger charge is 2.41. The molecule has 76 valence electrons. The summed E-state index contributed by atoms with van der Waals surface area (Å²) in [5.74, 6) is 0.0828. The number of hydrogen-bond acceptors (Lipinski definition) is 2. The summed E-state index contributed by atoms with van der Waals surface area (Å²) in [6.07, 6.45) is 4.55. The van der Waals surface area contributed by atoms with Gasteiger partial charge in [-0.25, -0.2) is 0 Å². The molecule has 1 fully saturated rings. The Morgan fingerprint density at radius 1 is 1.46 bits per heavy atom. The SMILES string of the molecule is CC(C=O)C1([SiH](C)C)CCCCO1. The molecule has 0 N–H and O–H groups in total. The molecule has 0 amide bonds. The van der Waals surface area contributed by atoms with Crippen LogP contribution >= 0.6 is 0 Å². The molecule has 0 saturated carbocycles. The van der Waals surface area contributed by atoms with Crippen LogP contribution < -0.4 is 0 Å². The van der Waals surface area contributed by atoms with Crippen LogP contribution in [0, 0.1) is 5.92 Å². The van der Waals surface area contributed by atoms with Crippen molar-refractivity contribution in [2.45, 2.75) is 44.5 Å². The lowest BCUT2D eigenvalue weighted by Gasteiger charge is -2.43. The van der Waals surface area contributed by atoms with E-state index in [-0.39, 0.29) is 11.1 Å². The van der Waals surface area contributed by atoms with Crippen LogP contribution in [-0.2, 0) is 9.53 Å². The third kappa shape index (κ3) is 2.02. The van der Waals surface area contributed by atoms with Gasteiger partial charge < -0.3 is 9.53 Å². The minimum Gasteiger partial charge on any atom is -0.378 e. The van der Waals surface area contributed by atoms with E-state index < -0.39 is 8.80 Å². The maximum absolute atomic E-state index is 10.9. The Labute approximate surface area is 82.3 Å². The number of hydrogen-bond donors (Lipinski definition) is 0. The minimum atomic E-state index is -0.917. The molecule has 1 rings (SSSR count). The number of aldehydes is 1. The van der Waals surface area contributed by atoms with Crippen molar-refractivity contribution >= 4 is 15.1 Å². The Morgan fingerprint density at radius 2 is 2.15 bits per heavy atom. The first kappa shape index (κ1) is 10.9. The highest BCUT2D eigenvalue weighted by atomic mass is 28.3. The fraction of sp³-hybridized carbons (Fsp3) is 0.900. The minimum absolute atomic E-state index is 0.0417. The second-order valence-corrected chi connectivity index (χ2v) is 7.63. The molecule has 0 aromatic rings. The monoisotopic (exact) mass is 200 g/mol. The van der Waals surface area contributed by atoms with Crippen LogP contribution in [0.4, 0.5) is 0 Å². The molecule has 13 heavy (non-hydrogen) atoms. The average Bonchev–Trinajstić information content (AvgIpc) is 2.17. The number of carbonyl (C=O) groups excluding carboxylic acids is 1. The van der Waals surface area contributed by atoms with E-state index in [0.717, 1.165) is 25.7 Å². The van der Waals surface area contributed by atoms with Gasteiger partial charge in [0, 0.05) is 12.5 Å². The molecule has 0 aliphatic carbocycles. The van der Waals surface area contributed by atoms with Crippen LogP contribution in [0.2, 0.25) is 13.1 Å². The van der Waals surface area contributed by atoms with Gasteiger partial charge in [0.1, 0.15) is 6.29 Å². The summed E-state index contributed by atoms with van der Waals surface area (Å²) in [5, 5.41) is -0.0417. The van der Waals surface area contributed by atoms with Crippen molar-refractivity contribution in [1.29, 1.82) is 0 Å². The zero-order valence-electron chi connectivity index (χ0n) is 8.88. The summed E-state index contributed by atoms with van der Waals surface area (Å²) in [5.41, 5.74) is 0. The molecular weight excluding hydrogens is 180 g/mol. The molecule has 0 aromatic carbocycles. The van der Waals surface area contributed by atoms with E-state index in [9.17, 15) is 4.79 Å². The first-order valence-corrected chi connectivity index (χ1v) is 8.11. The summed E-state index contributed by atoms with van der Waals surface area (Å²) in [6, 6.07) is 0.